The topological polar surface area (TPSA) is 85.9 Å². The van der Waals surface area contributed by atoms with E-state index in [9.17, 15) is 9.59 Å². The first kappa shape index (κ1) is 19.9. The fourth-order valence-corrected chi connectivity index (χ4v) is 2.60. The average molecular weight is 364 g/mol. The van der Waals surface area contributed by atoms with Crippen LogP contribution in [0.3, 0.4) is 0 Å². The van der Waals surface area contributed by atoms with Gasteiger partial charge in [0.05, 0.1) is 12.3 Å². The first-order chi connectivity index (χ1) is 12.1. The molecule has 1 aliphatic heterocycles. The maximum Gasteiger partial charge on any atom is 0.408 e. The number of benzene rings is 1. The van der Waals surface area contributed by atoms with Crippen LogP contribution >= 0.6 is 0 Å². The number of hydrogen-bond acceptors (Lipinski definition) is 5. The van der Waals surface area contributed by atoms with Crippen molar-refractivity contribution in [1.29, 1.82) is 0 Å². The Hall–Kier alpha value is -2.44. The molecule has 0 spiro atoms. The van der Waals surface area contributed by atoms with Crippen LogP contribution in [0.1, 0.15) is 47.1 Å². The zero-order valence-corrected chi connectivity index (χ0v) is 16.3. The van der Waals surface area contributed by atoms with Crippen molar-refractivity contribution in [3.63, 3.8) is 0 Å². The smallest absolute Gasteiger partial charge is 0.408 e. The van der Waals surface area contributed by atoms with E-state index >= 15 is 0 Å². The molecule has 0 saturated heterocycles. The third kappa shape index (κ3) is 5.28. The van der Waals surface area contributed by atoms with Gasteiger partial charge in [-0.25, -0.2) is 4.79 Å². The van der Waals surface area contributed by atoms with Gasteiger partial charge in [0, 0.05) is 18.1 Å². The standard InChI is InChI=1S/C19H28N2O5/c1-7-24-16-9-13-8-11(2)25-15(13)10-14(16)21-17(22)12(3)20-18(23)26-19(4,5)6/h9-12H,7-8H2,1-6H3,(H,20,23)(H,21,22). The summed E-state index contributed by atoms with van der Waals surface area (Å²) < 4.78 is 16.6. The maximum atomic E-state index is 12.5. The Morgan fingerprint density at radius 2 is 2.04 bits per heavy atom. The predicted molar refractivity (Wildman–Crippen MR) is 98.9 cm³/mol. The van der Waals surface area contributed by atoms with Crippen molar-refractivity contribution in [2.24, 2.45) is 0 Å². The number of anilines is 1. The lowest BCUT2D eigenvalue weighted by atomic mass is 10.1. The van der Waals surface area contributed by atoms with E-state index in [0.29, 0.717) is 18.0 Å². The molecule has 2 atom stereocenters. The first-order valence-corrected chi connectivity index (χ1v) is 8.85. The molecule has 0 radical (unpaired) electrons. The number of fused-ring (bicyclic) bond motifs is 1. The van der Waals surface area contributed by atoms with Crippen molar-refractivity contribution < 1.29 is 23.8 Å². The highest BCUT2D eigenvalue weighted by Crippen LogP contribution is 2.38. The summed E-state index contributed by atoms with van der Waals surface area (Å²) in [6.07, 6.45) is 0.259. The van der Waals surface area contributed by atoms with Crippen LogP contribution in [0, 0.1) is 0 Å². The molecular weight excluding hydrogens is 336 g/mol. The van der Waals surface area contributed by atoms with E-state index in [1.54, 1.807) is 33.8 Å². The molecule has 1 aromatic carbocycles. The first-order valence-electron chi connectivity index (χ1n) is 8.85. The minimum Gasteiger partial charge on any atom is -0.492 e. The highest BCUT2D eigenvalue weighted by molar-refractivity contribution is 5.97. The van der Waals surface area contributed by atoms with Gasteiger partial charge in [0.25, 0.3) is 0 Å². The summed E-state index contributed by atoms with van der Waals surface area (Å²) in [7, 11) is 0. The van der Waals surface area contributed by atoms with Gasteiger partial charge < -0.3 is 24.8 Å². The van der Waals surface area contributed by atoms with Gasteiger partial charge in [0.2, 0.25) is 5.91 Å². The number of alkyl carbamates (subject to hydrolysis) is 1. The molecule has 0 saturated carbocycles. The minimum atomic E-state index is -0.771. The molecule has 7 nitrogen and oxygen atoms in total. The lowest BCUT2D eigenvalue weighted by molar-refractivity contribution is -0.117. The largest absolute Gasteiger partial charge is 0.492 e. The Labute approximate surface area is 154 Å². The van der Waals surface area contributed by atoms with E-state index in [4.69, 9.17) is 14.2 Å². The van der Waals surface area contributed by atoms with E-state index in [-0.39, 0.29) is 12.0 Å². The van der Waals surface area contributed by atoms with Gasteiger partial charge >= 0.3 is 6.09 Å². The molecule has 144 valence electrons. The zero-order valence-electron chi connectivity index (χ0n) is 16.3. The van der Waals surface area contributed by atoms with E-state index in [0.717, 1.165) is 17.7 Å². The van der Waals surface area contributed by atoms with Crippen molar-refractivity contribution >= 4 is 17.7 Å². The predicted octanol–water partition coefficient (Wildman–Crippen LogP) is 3.26. The second-order valence-electron chi connectivity index (χ2n) is 7.38. The van der Waals surface area contributed by atoms with Crippen molar-refractivity contribution in [3.05, 3.63) is 17.7 Å². The summed E-state index contributed by atoms with van der Waals surface area (Å²) in [5.41, 5.74) is 0.942. The molecule has 26 heavy (non-hydrogen) atoms. The molecule has 7 heteroatoms. The van der Waals surface area contributed by atoms with E-state index < -0.39 is 17.7 Å². The molecule has 2 N–H and O–H groups in total. The molecule has 2 unspecified atom stereocenters. The third-order valence-corrected chi connectivity index (χ3v) is 3.68. The highest BCUT2D eigenvalue weighted by Gasteiger charge is 2.25. The van der Waals surface area contributed by atoms with Gasteiger partial charge in [0.1, 0.15) is 29.2 Å². The number of rotatable bonds is 5. The van der Waals surface area contributed by atoms with Crippen LogP contribution in [0.4, 0.5) is 10.5 Å². The number of hydrogen-bond donors (Lipinski definition) is 2. The van der Waals surface area contributed by atoms with Gasteiger partial charge in [-0.15, -0.1) is 0 Å². The Kier molecular flexibility index (Phi) is 6.00. The summed E-state index contributed by atoms with van der Waals surface area (Å²) in [6.45, 7) is 11.2. The van der Waals surface area contributed by atoms with Crippen LogP contribution < -0.4 is 20.1 Å². The van der Waals surface area contributed by atoms with Crippen molar-refractivity contribution in [2.45, 2.75) is 65.7 Å². The highest BCUT2D eigenvalue weighted by atomic mass is 16.6. The monoisotopic (exact) mass is 364 g/mol. The molecule has 0 fully saturated rings. The lowest BCUT2D eigenvalue weighted by Crippen LogP contribution is -2.44. The van der Waals surface area contributed by atoms with Crippen LogP contribution in [-0.2, 0) is 16.0 Å². The van der Waals surface area contributed by atoms with Crippen LogP contribution in [0.15, 0.2) is 12.1 Å². The van der Waals surface area contributed by atoms with Crippen molar-refractivity contribution in [1.82, 2.24) is 5.32 Å². The molecular formula is C19H28N2O5. The van der Waals surface area contributed by atoms with Crippen LogP contribution in [0.25, 0.3) is 0 Å². The summed E-state index contributed by atoms with van der Waals surface area (Å²) in [5.74, 6) is 0.952. The van der Waals surface area contributed by atoms with Crippen molar-refractivity contribution in [2.75, 3.05) is 11.9 Å². The number of carbonyl (C=O) groups is 2. The van der Waals surface area contributed by atoms with E-state index in [1.807, 2.05) is 19.9 Å². The number of nitrogens with one attached hydrogen (secondary N) is 2. The van der Waals surface area contributed by atoms with Crippen LogP contribution in [0.2, 0.25) is 0 Å². The van der Waals surface area contributed by atoms with E-state index in [1.165, 1.54) is 0 Å². The molecule has 0 bridgehead atoms. The number of carbonyl (C=O) groups excluding carboxylic acids is 2. The SMILES string of the molecule is CCOc1cc2c(cc1NC(=O)C(C)NC(=O)OC(C)(C)C)OC(C)C2. The van der Waals surface area contributed by atoms with Crippen LogP contribution in [-0.4, -0.2) is 36.4 Å². The second kappa shape index (κ2) is 7.85. The van der Waals surface area contributed by atoms with Gasteiger partial charge in [0.15, 0.2) is 0 Å². The molecule has 1 aliphatic rings. The maximum absolute atomic E-state index is 12.5. The van der Waals surface area contributed by atoms with Gasteiger partial charge in [-0.3, -0.25) is 4.79 Å². The number of ether oxygens (including phenoxy) is 3. The molecule has 0 aromatic heterocycles. The fourth-order valence-electron chi connectivity index (χ4n) is 2.60. The molecule has 0 aliphatic carbocycles. The molecule has 2 rings (SSSR count). The van der Waals surface area contributed by atoms with Crippen LogP contribution in [0.5, 0.6) is 11.5 Å². The third-order valence-electron chi connectivity index (χ3n) is 3.68. The fraction of sp³-hybridized carbons (Fsp3) is 0.579. The van der Waals surface area contributed by atoms with Gasteiger partial charge in [-0.05, 0) is 47.6 Å². The summed E-state index contributed by atoms with van der Waals surface area (Å²) in [4.78, 5) is 24.3. The Morgan fingerprint density at radius 3 is 2.65 bits per heavy atom. The quantitative estimate of drug-likeness (QED) is 0.837. The minimum absolute atomic E-state index is 0.0955. The Balaban J connectivity index is 2.08. The molecule has 1 aromatic rings. The Morgan fingerprint density at radius 1 is 1.35 bits per heavy atom. The summed E-state index contributed by atoms with van der Waals surface area (Å²) in [5, 5.41) is 5.32. The zero-order chi connectivity index (χ0) is 19.5. The Bertz CT molecular complexity index is 681. The normalized spacial score (nSPS) is 16.9. The lowest BCUT2D eigenvalue weighted by Gasteiger charge is -2.22. The molecule has 1 heterocycles. The molecule has 2 amide bonds. The number of amides is 2. The van der Waals surface area contributed by atoms with E-state index in [2.05, 4.69) is 10.6 Å². The van der Waals surface area contributed by atoms with Gasteiger partial charge in [-0.1, -0.05) is 0 Å². The van der Waals surface area contributed by atoms with Gasteiger partial charge in [-0.2, -0.15) is 0 Å². The second-order valence-corrected chi connectivity index (χ2v) is 7.38. The summed E-state index contributed by atoms with van der Waals surface area (Å²) in [6, 6.07) is 2.89. The summed E-state index contributed by atoms with van der Waals surface area (Å²) >= 11 is 0. The average Bonchev–Trinajstić information content (AvgIpc) is 2.84. The van der Waals surface area contributed by atoms with Crippen molar-refractivity contribution in [3.8, 4) is 11.5 Å².